The third-order valence-corrected chi connectivity index (χ3v) is 3.77. The number of benzene rings is 2. The molecular weight excluding hydrogens is 334 g/mol. The van der Waals surface area contributed by atoms with E-state index in [0.29, 0.717) is 22.7 Å². The highest BCUT2D eigenvalue weighted by Crippen LogP contribution is 2.24. The van der Waals surface area contributed by atoms with Crippen molar-refractivity contribution in [1.82, 2.24) is 10.1 Å². The standard InChI is InChI=1S/C19H13N3O4/c23-17-13-8-4-5-9-15(13)25-19(24)14(17)10-20-11-16-21-18(22-26-16)12-6-2-1-3-7-12/h1-10,23H,11H2. The van der Waals surface area contributed by atoms with Crippen molar-refractivity contribution in [3.63, 3.8) is 0 Å². The maximum atomic E-state index is 12.0. The summed E-state index contributed by atoms with van der Waals surface area (Å²) >= 11 is 0. The van der Waals surface area contributed by atoms with Crippen molar-refractivity contribution in [2.45, 2.75) is 6.54 Å². The van der Waals surface area contributed by atoms with E-state index in [1.54, 1.807) is 24.3 Å². The van der Waals surface area contributed by atoms with Crippen LogP contribution in [0.5, 0.6) is 5.75 Å². The SMILES string of the molecule is O=c1oc2ccccc2c(O)c1C=NCc1nc(-c2ccccc2)no1. The van der Waals surface area contributed by atoms with Crippen LogP contribution in [-0.4, -0.2) is 21.5 Å². The first-order chi connectivity index (χ1) is 12.7. The summed E-state index contributed by atoms with van der Waals surface area (Å²) in [5, 5.41) is 14.6. The molecule has 0 aliphatic rings. The van der Waals surface area contributed by atoms with Gasteiger partial charge >= 0.3 is 5.63 Å². The van der Waals surface area contributed by atoms with E-state index < -0.39 is 5.63 Å². The van der Waals surface area contributed by atoms with Crippen LogP contribution in [0.2, 0.25) is 0 Å². The zero-order chi connectivity index (χ0) is 17.9. The third kappa shape index (κ3) is 2.98. The van der Waals surface area contributed by atoms with Gasteiger partial charge in [0.05, 0.1) is 5.39 Å². The number of nitrogens with zero attached hydrogens (tertiary/aromatic N) is 3. The summed E-state index contributed by atoms with van der Waals surface area (Å²) in [5.41, 5.74) is 0.461. The summed E-state index contributed by atoms with van der Waals surface area (Å²) < 4.78 is 10.3. The Bertz CT molecular complexity index is 1150. The van der Waals surface area contributed by atoms with Crippen molar-refractivity contribution < 1.29 is 14.0 Å². The van der Waals surface area contributed by atoms with E-state index in [0.717, 1.165) is 5.56 Å². The Balaban J connectivity index is 1.57. The molecule has 0 bridgehead atoms. The molecular formula is C19H13N3O4. The Hall–Kier alpha value is -3.74. The summed E-state index contributed by atoms with van der Waals surface area (Å²) in [4.78, 5) is 20.4. The lowest BCUT2D eigenvalue weighted by Crippen LogP contribution is -2.07. The second-order valence-corrected chi connectivity index (χ2v) is 5.50. The van der Waals surface area contributed by atoms with Crippen molar-refractivity contribution in [2.24, 2.45) is 4.99 Å². The number of aliphatic imine (C=N–C) groups is 1. The largest absolute Gasteiger partial charge is 0.506 e. The smallest absolute Gasteiger partial charge is 0.348 e. The summed E-state index contributed by atoms with van der Waals surface area (Å²) in [6, 6.07) is 16.1. The number of aromatic nitrogens is 2. The molecule has 2 aromatic carbocycles. The second kappa shape index (κ2) is 6.64. The minimum Gasteiger partial charge on any atom is -0.506 e. The zero-order valence-corrected chi connectivity index (χ0v) is 13.5. The van der Waals surface area contributed by atoms with Gasteiger partial charge in [-0.1, -0.05) is 47.6 Å². The molecule has 4 rings (SSSR count). The second-order valence-electron chi connectivity index (χ2n) is 5.50. The maximum absolute atomic E-state index is 12.0. The zero-order valence-electron chi connectivity index (χ0n) is 13.5. The van der Waals surface area contributed by atoms with Gasteiger partial charge in [-0.05, 0) is 12.1 Å². The molecule has 0 atom stereocenters. The average molecular weight is 347 g/mol. The van der Waals surface area contributed by atoms with Crippen molar-refractivity contribution in [1.29, 1.82) is 0 Å². The molecule has 0 aliphatic heterocycles. The predicted octanol–water partition coefficient (Wildman–Crippen LogP) is 3.17. The van der Waals surface area contributed by atoms with Crippen LogP contribution in [-0.2, 0) is 6.54 Å². The van der Waals surface area contributed by atoms with E-state index in [2.05, 4.69) is 15.1 Å². The monoisotopic (exact) mass is 347 g/mol. The predicted molar refractivity (Wildman–Crippen MR) is 95.2 cm³/mol. The molecule has 0 aliphatic carbocycles. The molecule has 4 aromatic rings. The van der Waals surface area contributed by atoms with Crippen molar-refractivity contribution in [3.8, 4) is 17.1 Å². The Morgan fingerprint density at radius 1 is 1.08 bits per heavy atom. The van der Waals surface area contributed by atoms with E-state index in [-0.39, 0.29) is 17.9 Å². The topological polar surface area (TPSA) is 102 Å². The normalized spacial score (nSPS) is 11.4. The first-order valence-corrected chi connectivity index (χ1v) is 7.85. The Morgan fingerprint density at radius 2 is 1.85 bits per heavy atom. The van der Waals surface area contributed by atoms with Crippen molar-refractivity contribution in [2.75, 3.05) is 0 Å². The molecule has 0 amide bonds. The van der Waals surface area contributed by atoms with E-state index in [9.17, 15) is 9.90 Å². The molecule has 2 aromatic heterocycles. The van der Waals surface area contributed by atoms with Gasteiger partial charge in [-0.3, -0.25) is 4.99 Å². The first kappa shape index (κ1) is 15.8. The number of hydrogen-bond donors (Lipinski definition) is 1. The molecule has 1 N–H and O–H groups in total. The van der Waals surface area contributed by atoms with Crippen LogP contribution in [0.1, 0.15) is 11.5 Å². The highest BCUT2D eigenvalue weighted by Gasteiger charge is 2.12. The fraction of sp³-hybridized carbons (Fsp3) is 0.0526. The van der Waals surface area contributed by atoms with E-state index in [4.69, 9.17) is 8.94 Å². The van der Waals surface area contributed by atoms with Gasteiger partial charge in [0.1, 0.15) is 23.4 Å². The van der Waals surface area contributed by atoms with Gasteiger partial charge in [0.25, 0.3) is 0 Å². The molecule has 0 unspecified atom stereocenters. The lowest BCUT2D eigenvalue weighted by atomic mass is 10.1. The van der Waals surface area contributed by atoms with Gasteiger partial charge in [0.15, 0.2) is 0 Å². The fourth-order valence-electron chi connectivity index (χ4n) is 2.50. The summed E-state index contributed by atoms with van der Waals surface area (Å²) in [5.74, 6) is 0.588. The molecule has 0 spiro atoms. The Morgan fingerprint density at radius 3 is 2.69 bits per heavy atom. The Labute approximate surface area is 147 Å². The molecule has 0 saturated carbocycles. The van der Waals surface area contributed by atoms with Crippen LogP contribution in [0.15, 0.2) is 73.3 Å². The third-order valence-electron chi connectivity index (χ3n) is 3.77. The van der Waals surface area contributed by atoms with Gasteiger partial charge in [0, 0.05) is 11.8 Å². The lowest BCUT2D eigenvalue weighted by molar-refractivity contribution is 0.381. The number of rotatable bonds is 4. The van der Waals surface area contributed by atoms with Crippen LogP contribution < -0.4 is 5.63 Å². The molecule has 2 heterocycles. The molecule has 7 heteroatoms. The fourth-order valence-corrected chi connectivity index (χ4v) is 2.50. The number of hydrogen-bond acceptors (Lipinski definition) is 7. The van der Waals surface area contributed by atoms with Crippen molar-refractivity contribution >= 4 is 17.2 Å². The molecule has 0 saturated heterocycles. The summed E-state index contributed by atoms with van der Waals surface area (Å²) in [6.45, 7) is 0.0749. The first-order valence-electron chi connectivity index (χ1n) is 7.85. The summed E-state index contributed by atoms with van der Waals surface area (Å²) in [6.07, 6.45) is 1.25. The van der Waals surface area contributed by atoms with Crippen LogP contribution in [0.25, 0.3) is 22.4 Å². The number of aromatic hydroxyl groups is 1. The van der Waals surface area contributed by atoms with Gasteiger partial charge in [-0.25, -0.2) is 4.79 Å². The van der Waals surface area contributed by atoms with E-state index in [1.807, 2.05) is 30.3 Å². The average Bonchev–Trinajstić information content (AvgIpc) is 3.14. The van der Waals surface area contributed by atoms with Crippen LogP contribution >= 0.6 is 0 Å². The van der Waals surface area contributed by atoms with Gasteiger partial charge in [0.2, 0.25) is 11.7 Å². The number of fused-ring (bicyclic) bond motifs is 1. The molecule has 26 heavy (non-hydrogen) atoms. The van der Waals surface area contributed by atoms with Crippen molar-refractivity contribution in [3.05, 3.63) is 76.5 Å². The maximum Gasteiger partial charge on any atom is 0.348 e. The quantitative estimate of drug-likeness (QED) is 0.449. The lowest BCUT2D eigenvalue weighted by Gasteiger charge is -2.01. The number of para-hydroxylation sites is 1. The highest BCUT2D eigenvalue weighted by atomic mass is 16.5. The molecule has 128 valence electrons. The van der Waals surface area contributed by atoms with Gasteiger partial charge in [-0.15, -0.1) is 0 Å². The molecule has 0 fully saturated rings. The van der Waals surface area contributed by atoms with E-state index in [1.165, 1.54) is 6.21 Å². The van der Waals surface area contributed by atoms with Crippen LogP contribution in [0, 0.1) is 0 Å². The molecule has 0 radical (unpaired) electrons. The van der Waals surface area contributed by atoms with Gasteiger partial charge in [-0.2, -0.15) is 4.98 Å². The van der Waals surface area contributed by atoms with Crippen LogP contribution in [0.3, 0.4) is 0 Å². The molecule has 7 nitrogen and oxygen atoms in total. The minimum absolute atomic E-state index is 0.0218. The van der Waals surface area contributed by atoms with Crippen LogP contribution in [0.4, 0.5) is 0 Å². The highest BCUT2D eigenvalue weighted by molar-refractivity contribution is 5.93. The minimum atomic E-state index is -0.666. The van der Waals surface area contributed by atoms with Gasteiger partial charge < -0.3 is 14.0 Å². The Kier molecular flexibility index (Phi) is 4.03. The summed E-state index contributed by atoms with van der Waals surface area (Å²) in [7, 11) is 0. The van der Waals surface area contributed by atoms with E-state index >= 15 is 0 Å².